The van der Waals surface area contributed by atoms with Crippen molar-refractivity contribution < 1.29 is 14.4 Å². The molecule has 0 fully saturated rings. The van der Waals surface area contributed by atoms with Gasteiger partial charge in [-0.15, -0.1) is 22.7 Å². The molecule has 4 N–H and O–H groups in total. The number of alkyl halides is 1. The molecule has 9 aromatic heterocycles. The molecule has 0 aliphatic carbocycles. The summed E-state index contributed by atoms with van der Waals surface area (Å²) in [6.07, 6.45) is 33.1. The fourth-order valence-electron chi connectivity index (χ4n) is 9.75. The van der Waals surface area contributed by atoms with Crippen molar-refractivity contribution >= 4 is 137 Å². The fourth-order valence-corrected chi connectivity index (χ4v) is 15.3. The number of aromatic amines is 1. The van der Waals surface area contributed by atoms with Gasteiger partial charge in [0.15, 0.2) is 21.8 Å². The number of anilines is 2. The Labute approximate surface area is 628 Å². The molecule has 512 valence electrons. The van der Waals surface area contributed by atoms with E-state index in [2.05, 4.69) is 148 Å². The summed E-state index contributed by atoms with van der Waals surface area (Å²) < 4.78 is 0.669. The van der Waals surface area contributed by atoms with Gasteiger partial charge < -0.3 is 10.7 Å². The van der Waals surface area contributed by atoms with Crippen molar-refractivity contribution in [2.24, 2.45) is 0 Å². The highest BCUT2D eigenvalue weighted by molar-refractivity contribution is 9.09. The first kappa shape index (κ1) is 77.5. The van der Waals surface area contributed by atoms with Crippen molar-refractivity contribution in [3.63, 3.8) is 0 Å². The number of H-pyrrole nitrogens is 1. The van der Waals surface area contributed by atoms with Crippen LogP contribution in [0, 0.1) is 60.0 Å². The van der Waals surface area contributed by atoms with Crippen LogP contribution in [0.1, 0.15) is 82.5 Å². The van der Waals surface area contributed by atoms with Gasteiger partial charge in [-0.05, 0) is 167 Å². The Morgan fingerprint density at radius 2 is 0.881 bits per heavy atom. The molecule has 13 rings (SSSR count). The zero-order chi connectivity index (χ0) is 72.2. The van der Waals surface area contributed by atoms with Crippen molar-refractivity contribution in [1.82, 2.24) is 74.8 Å². The first-order valence-corrected chi connectivity index (χ1v) is 37.2. The minimum absolute atomic E-state index is 0.112. The normalized spacial score (nSPS) is 10.3. The van der Waals surface area contributed by atoms with Crippen LogP contribution >= 0.6 is 109 Å². The number of hydrogen-bond donors (Lipinski definition) is 3. The predicted molar refractivity (Wildman–Crippen MR) is 412 cm³/mol. The van der Waals surface area contributed by atoms with E-state index in [-0.39, 0.29) is 17.5 Å². The van der Waals surface area contributed by atoms with Crippen molar-refractivity contribution in [3.8, 4) is 22.5 Å². The topological polar surface area (TPSA) is 286 Å². The molecule has 13 aromatic rings. The molecule has 0 atom stereocenters. The standard InChI is InChI=1S/C21H17N5OS2.C15H14N4S2.C14H13BrN2OS.C14H14N2OS.C4H3ClN2.C4H4N2S/c1-13-9-16(29-18-11-23-7-8-24-18)10-14(2)19(13)17-12-28-21(25-17)26-20(27)15-3-5-22-6-4-15;1-9-5-11(21-13-7-17-3-4-18-13)6-10(2)14(9)12-8-20-15(16)19-12;1-9-5-11(19-13-8-16-3-4-17-13)6-10(2)14(9)12(18)7-15;1-9-6-12(7-10(2)14(9)11(3)17)18-13-8-15-4-5-16-13;5-4-3-6-1-2-7-4;7-4-3-5-1-2-6-4/h3-12H,1-2H3,(H,25,26,27);3-8H,1-2H3,(H2,16,19);3-6,8H,7H2,1-2H3;4-8H,1-3H3;1-3H;1-3H,(H,6,7). The van der Waals surface area contributed by atoms with Crippen LogP contribution in [-0.2, 0) is 0 Å². The van der Waals surface area contributed by atoms with E-state index in [1.165, 1.54) is 40.0 Å². The number of carbonyl (C=O) groups excluding carboxylic acids is 3. The Balaban J connectivity index is 0.000000162. The Morgan fingerprint density at radius 1 is 0.495 bits per heavy atom. The van der Waals surface area contributed by atoms with E-state index in [1.807, 2.05) is 62.7 Å². The number of carbonyl (C=O) groups is 3. The van der Waals surface area contributed by atoms with Gasteiger partial charge in [0.25, 0.3) is 5.91 Å². The molecule has 1 amide bonds. The number of hydrogen-bond acceptors (Lipinski definition) is 25. The van der Waals surface area contributed by atoms with E-state index >= 15 is 0 Å². The summed E-state index contributed by atoms with van der Waals surface area (Å²) in [5.41, 5.74) is 20.6. The fraction of sp³-hybridized carbons (Fsp3) is 0.139. The van der Waals surface area contributed by atoms with Gasteiger partial charge in [0.05, 0.1) is 53.9 Å². The SMILES string of the molecule is CC(=O)c1c(C)cc(Sc2cnccn2)cc1C.Cc1cc(Sc2cnccn2)cc(C)c1-c1csc(N)n1.Cc1cc(Sc2cnccn2)cc(C)c1-c1csc(NC(=O)c2ccncc2)n1.Cc1cc(Sc2cnccn2)cc(C)c1C(=O)CBr.Clc1cnccn1.S=c1cncc[nH]1. The predicted octanol–water partition coefficient (Wildman–Crippen LogP) is 18.5. The maximum Gasteiger partial charge on any atom is 0.257 e. The van der Waals surface area contributed by atoms with Gasteiger partial charge in [0.1, 0.15) is 29.9 Å². The van der Waals surface area contributed by atoms with Gasteiger partial charge in [0, 0.05) is 145 Å². The number of nitrogens with zero attached hydrogens (tertiary/aromatic N) is 14. The molecule has 0 spiro atoms. The number of nitrogens with one attached hydrogen (secondary N) is 2. The molecule has 4 aromatic carbocycles. The Bertz CT molecular complexity index is 4810. The maximum atomic E-state index is 12.3. The number of halogens is 2. The third-order valence-corrected chi connectivity index (χ3v) is 19.6. The maximum absolute atomic E-state index is 12.3. The lowest BCUT2D eigenvalue weighted by atomic mass is 10.00. The highest BCUT2D eigenvalue weighted by atomic mass is 79.9. The molecule has 20 nitrogen and oxygen atoms in total. The van der Waals surface area contributed by atoms with Crippen LogP contribution in [-0.4, -0.2) is 97.6 Å². The lowest BCUT2D eigenvalue weighted by molar-refractivity contribution is 0.101. The minimum atomic E-state index is -0.197. The number of nitrogens with two attached hydrogens (primary N) is 1. The van der Waals surface area contributed by atoms with Crippen molar-refractivity contribution in [1.29, 1.82) is 0 Å². The van der Waals surface area contributed by atoms with Crippen molar-refractivity contribution in [2.75, 3.05) is 16.4 Å². The van der Waals surface area contributed by atoms with Crippen molar-refractivity contribution in [3.05, 3.63) is 266 Å². The van der Waals surface area contributed by atoms with Gasteiger partial charge >= 0.3 is 0 Å². The molecule has 0 aliphatic heterocycles. The molecule has 29 heteroatoms. The number of amides is 1. The van der Waals surface area contributed by atoms with E-state index in [9.17, 15) is 14.4 Å². The number of ketones is 2. The van der Waals surface area contributed by atoms with Crippen LogP contribution in [0.15, 0.2) is 235 Å². The third-order valence-electron chi connectivity index (χ3n) is 13.6. The molecule has 0 bridgehead atoms. The van der Waals surface area contributed by atoms with Crippen LogP contribution in [0.4, 0.5) is 10.3 Å². The number of aryl methyl sites for hydroxylation is 8. The number of Topliss-reactive ketones (excluding diaryl/α,β-unsaturated/α-hetero) is 2. The molecule has 0 saturated heterocycles. The average molecular weight is 1560 g/mol. The van der Waals surface area contributed by atoms with E-state index in [0.29, 0.717) is 31.0 Å². The van der Waals surface area contributed by atoms with Crippen molar-refractivity contribution in [2.45, 2.75) is 102 Å². The van der Waals surface area contributed by atoms with Gasteiger partial charge in [-0.1, -0.05) is 86.8 Å². The van der Waals surface area contributed by atoms with E-state index in [4.69, 9.17) is 29.6 Å². The van der Waals surface area contributed by atoms with Gasteiger partial charge in [0.2, 0.25) is 0 Å². The summed E-state index contributed by atoms with van der Waals surface area (Å²) in [6.45, 7) is 17.8. The van der Waals surface area contributed by atoms with Crippen LogP contribution < -0.4 is 11.1 Å². The molecule has 0 unspecified atom stereocenters. The van der Waals surface area contributed by atoms with Crippen LogP contribution in [0.3, 0.4) is 0 Å². The highest BCUT2D eigenvalue weighted by Crippen LogP contribution is 2.38. The third kappa shape index (κ3) is 24.5. The monoisotopic (exact) mass is 1550 g/mol. The number of pyridine rings is 1. The highest BCUT2D eigenvalue weighted by Gasteiger charge is 2.17. The number of nitrogen functional groups attached to an aromatic ring is 1. The lowest BCUT2D eigenvalue weighted by Crippen LogP contribution is -2.11. The molecule has 9 heterocycles. The number of aromatic nitrogens is 15. The van der Waals surface area contributed by atoms with E-state index < -0.39 is 0 Å². The second-order valence-corrected chi connectivity index (χ2v) is 28.9. The van der Waals surface area contributed by atoms with Gasteiger partial charge in [-0.2, -0.15) is 0 Å². The molecule has 0 saturated carbocycles. The first-order chi connectivity index (χ1) is 48.7. The van der Waals surface area contributed by atoms with Gasteiger partial charge in [-0.25, -0.2) is 34.9 Å². The second-order valence-electron chi connectivity index (χ2n) is 21.4. The Kier molecular flexibility index (Phi) is 30.5. The summed E-state index contributed by atoms with van der Waals surface area (Å²) >= 11 is 22.4. The molecule has 0 aliphatic rings. The number of thiazole rings is 2. The summed E-state index contributed by atoms with van der Waals surface area (Å²) in [6, 6.07) is 20.0. The van der Waals surface area contributed by atoms with Crippen LogP contribution in [0.2, 0.25) is 5.15 Å². The summed E-state index contributed by atoms with van der Waals surface area (Å²) in [7, 11) is 0. The summed E-state index contributed by atoms with van der Waals surface area (Å²) in [5.74, 6) is 0.0320. The second kappa shape index (κ2) is 39.7. The summed E-state index contributed by atoms with van der Waals surface area (Å²) in [4.78, 5) is 100. The zero-order valence-electron chi connectivity index (χ0n) is 55.9. The first-order valence-electron chi connectivity index (χ1n) is 30.3. The number of rotatable bonds is 15. The molecule has 101 heavy (non-hydrogen) atoms. The smallest absolute Gasteiger partial charge is 0.257 e. The lowest BCUT2D eigenvalue weighted by Gasteiger charge is -2.10. The largest absolute Gasteiger partial charge is 0.375 e. The average Bonchev–Trinajstić information content (AvgIpc) is 1.81. The molecular formula is C72H65BrClN17O3S7. The van der Waals surface area contributed by atoms with Crippen LogP contribution in [0.25, 0.3) is 22.5 Å². The minimum Gasteiger partial charge on any atom is -0.375 e. The quantitative estimate of drug-likeness (QED) is 0.0488. The Hall–Kier alpha value is -9.23. The van der Waals surface area contributed by atoms with Crippen LogP contribution in [0.5, 0.6) is 0 Å². The molecular weight excluding hydrogens is 1490 g/mol. The van der Waals surface area contributed by atoms with Gasteiger partial charge in [-0.3, -0.25) is 54.6 Å². The summed E-state index contributed by atoms with van der Waals surface area (Å²) in [5, 5.41) is 12.2. The van der Waals surface area contributed by atoms with E-state index in [1.54, 1.807) is 184 Å². The van der Waals surface area contributed by atoms with E-state index in [0.717, 1.165) is 107 Å². The number of benzene rings is 4. The Morgan fingerprint density at radius 3 is 1.20 bits per heavy atom. The zero-order valence-corrected chi connectivity index (χ0v) is 63.9. The molecule has 0 radical (unpaired) electrons.